The zero-order valence-electron chi connectivity index (χ0n) is 8.95. The number of halogens is 2. The third kappa shape index (κ3) is 2.03. The van der Waals surface area contributed by atoms with Crippen LogP contribution in [0.15, 0.2) is 12.1 Å². The van der Waals surface area contributed by atoms with Crippen LogP contribution in [0.1, 0.15) is 29.3 Å². The van der Waals surface area contributed by atoms with Crippen molar-refractivity contribution in [2.24, 2.45) is 0 Å². The Labute approximate surface area is 108 Å². The summed E-state index contributed by atoms with van der Waals surface area (Å²) in [5, 5.41) is 15.3. The minimum absolute atomic E-state index is 0.414. The summed E-state index contributed by atoms with van der Waals surface area (Å²) in [6.45, 7) is 0. The van der Waals surface area contributed by atoms with Crippen LogP contribution in [-0.2, 0) is 12.8 Å². The number of benzene rings is 1. The zero-order valence-corrected chi connectivity index (χ0v) is 10.5. The van der Waals surface area contributed by atoms with Crippen LogP contribution in [0.25, 0.3) is 0 Å². The molecule has 1 unspecified atom stereocenters. The molecule has 88 valence electrons. The molecule has 0 saturated heterocycles. The largest absolute Gasteiger partial charge is 0.177 e. The second-order valence-electron chi connectivity index (χ2n) is 4.23. The van der Waals surface area contributed by atoms with Crippen molar-refractivity contribution in [2.75, 3.05) is 0 Å². The second-order valence-corrected chi connectivity index (χ2v) is 5.05. The molecule has 4 nitrogen and oxygen atoms in total. The van der Waals surface area contributed by atoms with Crippen molar-refractivity contribution in [1.29, 1.82) is 0 Å². The van der Waals surface area contributed by atoms with Gasteiger partial charge in [-0.25, -0.2) is 0 Å². The number of aryl methyl sites for hydroxylation is 1. The smallest absolute Gasteiger partial charge is 0.175 e. The van der Waals surface area contributed by atoms with Crippen LogP contribution in [0.2, 0.25) is 10.0 Å². The minimum atomic E-state index is 0.414. The average Bonchev–Trinajstić information content (AvgIpc) is 2.92. The summed E-state index contributed by atoms with van der Waals surface area (Å²) >= 11 is 12.1. The molecule has 1 atom stereocenters. The number of fused-ring (bicyclic) bond motifs is 1. The molecule has 1 aromatic heterocycles. The summed E-state index contributed by atoms with van der Waals surface area (Å²) in [5.41, 5.74) is 2.55. The van der Waals surface area contributed by atoms with Crippen LogP contribution in [0, 0.1) is 0 Å². The van der Waals surface area contributed by atoms with Gasteiger partial charge in [0.2, 0.25) is 0 Å². The first-order chi connectivity index (χ1) is 8.24. The maximum atomic E-state index is 6.06. The number of hydrogen-bond donors (Lipinski definition) is 1. The van der Waals surface area contributed by atoms with Gasteiger partial charge in [0, 0.05) is 6.42 Å². The highest BCUT2D eigenvalue weighted by Gasteiger charge is 2.25. The molecule has 0 amide bonds. The molecule has 0 saturated carbocycles. The number of rotatable bonds is 2. The summed E-state index contributed by atoms with van der Waals surface area (Å²) in [6, 6.07) is 3.94. The van der Waals surface area contributed by atoms with E-state index in [1.54, 1.807) is 0 Å². The fraction of sp³-hybridized carbons (Fsp3) is 0.364. The molecule has 1 heterocycles. The molecular formula is C11H10Cl2N4. The number of nitrogens with zero attached hydrogens (tertiary/aromatic N) is 3. The van der Waals surface area contributed by atoms with E-state index in [1.807, 2.05) is 12.1 Å². The molecule has 1 N–H and O–H groups in total. The van der Waals surface area contributed by atoms with Crippen LogP contribution in [0.4, 0.5) is 0 Å². The molecule has 0 aliphatic heterocycles. The molecule has 3 rings (SSSR count). The Morgan fingerprint density at radius 1 is 1.29 bits per heavy atom. The van der Waals surface area contributed by atoms with E-state index in [1.165, 1.54) is 11.1 Å². The molecule has 1 aromatic carbocycles. The minimum Gasteiger partial charge on any atom is -0.177 e. The molecule has 1 aliphatic rings. The van der Waals surface area contributed by atoms with Crippen molar-refractivity contribution in [3.05, 3.63) is 39.1 Å². The Morgan fingerprint density at radius 2 is 2.12 bits per heavy atom. The van der Waals surface area contributed by atoms with E-state index in [0.29, 0.717) is 16.0 Å². The van der Waals surface area contributed by atoms with Crippen LogP contribution < -0.4 is 0 Å². The van der Waals surface area contributed by atoms with Crippen molar-refractivity contribution < 1.29 is 0 Å². The standard InChI is InChI=1S/C11H10Cl2N4/c12-9-3-6-1-2-7(8(6)5-10(9)13)4-11-14-16-17-15-11/h3,5,7H,1-2,4H2,(H,14,15,16,17). The van der Waals surface area contributed by atoms with Gasteiger partial charge >= 0.3 is 0 Å². The summed E-state index contributed by atoms with van der Waals surface area (Å²) in [6.07, 6.45) is 2.91. The van der Waals surface area contributed by atoms with E-state index in [-0.39, 0.29) is 0 Å². The first-order valence-corrected chi connectivity index (χ1v) is 6.20. The lowest BCUT2D eigenvalue weighted by Crippen LogP contribution is -2.00. The average molecular weight is 269 g/mol. The predicted octanol–water partition coefficient (Wildman–Crippen LogP) is 2.78. The number of aromatic nitrogens is 4. The van der Waals surface area contributed by atoms with Gasteiger partial charge in [0.05, 0.1) is 10.0 Å². The van der Waals surface area contributed by atoms with Crippen molar-refractivity contribution in [2.45, 2.75) is 25.2 Å². The van der Waals surface area contributed by atoms with Crippen molar-refractivity contribution in [3.8, 4) is 0 Å². The number of hydrogen-bond acceptors (Lipinski definition) is 3. The van der Waals surface area contributed by atoms with Gasteiger partial charge in [-0.05, 0) is 42.0 Å². The summed E-state index contributed by atoms with van der Waals surface area (Å²) in [4.78, 5) is 0. The molecular weight excluding hydrogens is 259 g/mol. The molecule has 17 heavy (non-hydrogen) atoms. The highest BCUT2D eigenvalue weighted by molar-refractivity contribution is 6.42. The fourth-order valence-corrected chi connectivity index (χ4v) is 2.74. The van der Waals surface area contributed by atoms with E-state index >= 15 is 0 Å². The Hall–Kier alpha value is -1.13. The SMILES string of the molecule is Clc1cc2c(cc1Cl)C(Cc1nn[nH]n1)CC2. The van der Waals surface area contributed by atoms with Gasteiger partial charge in [0.15, 0.2) is 5.82 Å². The first kappa shape index (κ1) is 11.0. The quantitative estimate of drug-likeness (QED) is 0.912. The second kappa shape index (κ2) is 4.27. The lowest BCUT2D eigenvalue weighted by molar-refractivity contribution is 0.650. The normalized spacial score (nSPS) is 18.4. The predicted molar refractivity (Wildman–Crippen MR) is 65.4 cm³/mol. The fourth-order valence-electron chi connectivity index (χ4n) is 2.39. The third-order valence-electron chi connectivity index (χ3n) is 3.20. The van der Waals surface area contributed by atoms with E-state index < -0.39 is 0 Å². The Bertz CT molecular complexity index is 539. The summed E-state index contributed by atoms with van der Waals surface area (Å²) in [5.74, 6) is 1.16. The van der Waals surface area contributed by atoms with Crippen molar-refractivity contribution in [1.82, 2.24) is 20.6 Å². The van der Waals surface area contributed by atoms with Crippen LogP contribution in [0.5, 0.6) is 0 Å². The Kier molecular flexibility index (Phi) is 2.76. The van der Waals surface area contributed by atoms with Gasteiger partial charge in [-0.15, -0.1) is 10.2 Å². The van der Waals surface area contributed by atoms with Gasteiger partial charge < -0.3 is 0 Å². The molecule has 0 spiro atoms. The van der Waals surface area contributed by atoms with E-state index in [9.17, 15) is 0 Å². The van der Waals surface area contributed by atoms with Crippen molar-refractivity contribution in [3.63, 3.8) is 0 Å². The van der Waals surface area contributed by atoms with Gasteiger partial charge in [-0.1, -0.05) is 28.4 Å². The lowest BCUT2D eigenvalue weighted by Gasteiger charge is -2.09. The van der Waals surface area contributed by atoms with Gasteiger partial charge in [-0.2, -0.15) is 5.21 Å². The van der Waals surface area contributed by atoms with Gasteiger partial charge in [0.25, 0.3) is 0 Å². The lowest BCUT2D eigenvalue weighted by atomic mass is 9.98. The molecule has 1 aliphatic carbocycles. The van der Waals surface area contributed by atoms with Gasteiger partial charge in [0.1, 0.15) is 0 Å². The number of aromatic amines is 1. The highest BCUT2D eigenvalue weighted by Crippen LogP contribution is 2.39. The number of H-pyrrole nitrogens is 1. The molecule has 0 radical (unpaired) electrons. The zero-order chi connectivity index (χ0) is 11.8. The summed E-state index contributed by atoms with van der Waals surface area (Å²) < 4.78 is 0. The van der Waals surface area contributed by atoms with Gasteiger partial charge in [-0.3, -0.25) is 0 Å². The molecule has 0 fully saturated rings. The third-order valence-corrected chi connectivity index (χ3v) is 3.92. The highest BCUT2D eigenvalue weighted by atomic mass is 35.5. The maximum absolute atomic E-state index is 6.06. The van der Waals surface area contributed by atoms with E-state index in [4.69, 9.17) is 23.2 Å². The van der Waals surface area contributed by atoms with E-state index in [0.717, 1.165) is 25.1 Å². The summed E-state index contributed by atoms with van der Waals surface area (Å²) in [7, 11) is 0. The van der Waals surface area contributed by atoms with E-state index in [2.05, 4.69) is 20.6 Å². The van der Waals surface area contributed by atoms with Crippen molar-refractivity contribution >= 4 is 23.2 Å². The Morgan fingerprint density at radius 3 is 2.88 bits per heavy atom. The Balaban J connectivity index is 1.90. The molecule has 0 bridgehead atoms. The van der Waals surface area contributed by atoms with Crippen LogP contribution >= 0.6 is 23.2 Å². The molecule has 6 heteroatoms. The van der Waals surface area contributed by atoms with Crippen LogP contribution in [-0.4, -0.2) is 20.6 Å². The topological polar surface area (TPSA) is 54.5 Å². The number of tetrazole rings is 1. The van der Waals surface area contributed by atoms with Crippen LogP contribution in [0.3, 0.4) is 0 Å². The molecule has 2 aromatic rings. The maximum Gasteiger partial charge on any atom is 0.175 e. The number of nitrogens with one attached hydrogen (secondary N) is 1. The first-order valence-electron chi connectivity index (χ1n) is 5.44. The monoisotopic (exact) mass is 268 g/mol.